The van der Waals surface area contributed by atoms with E-state index in [4.69, 9.17) is 9.47 Å². The molecule has 3 rings (SSSR count). The van der Waals surface area contributed by atoms with Crippen molar-refractivity contribution in [1.82, 2.24) is 41.1 Å². The molecule has 0 bridgehead atoms. The summed E-state index contributed by atoms with van der Waals surface area (Å²) >= 11 is 0. The zero-order valence-electron chi connectivity index (χ0n) is 45.0. The van der Waals surface area contributed by atoms with Crippen molar-refractivity contribution in [3.8, 4) is 0 Å². The number of methoxy groups -OCH3 is 2. The number of hydrogen-bond donors (Lipinski definition) is 5. The van der Waals surface area contributed by atoms with E-state index in [9.17, 15) is 48.3 Å². The van der Waals surface area contributed by atoms with Gasteiger partial charge < -0.3 is 24.8 Å². The predicted octanol–water partition coefficient (Wildman–Crippen LogP) is 3.23. The number of likely N-dealkylation sites (N-methyl/N-ethyl adjacent to an activating group) is 2. The molecule has 0 radical (unpaired) electrons. The number of amides is 8. The first-order chi connectivity index (χ1) is 34.6. The Morgan fingerprint density at radius 2 is 1.37 bits per heavy atom. The molecule has 1 saturated heterocycles. The highest BCUT2D eigenvalue weighted by molar-refractivity contribution is 6.12. The first-order valence-electron chi connectivity index (χ1n) is 25.9. The third kappa shape index (κ3) is 18.4. The van der Waals surface area contributed by atoms with Crippen molar-refractivity contribution in [3.63, 3.8) is 0 Å². The van der Waals surface area contributed by atoms with Crippen LogP contribution in [-0.2, 0) is 59.0 Å². The van der Waals surface area contributed by atoms with Crippen LogP contribution in [-0.4, -0.2) is 168 Å². The molecule has 2 aliphatic heterocycles. The number of likely N-dealkylation sites (tertiary alicyclic amines) is 1. The molecule has 0 aromatic heterocycles. The average Bonchev–Trinajstić information content (AvgIpc) is 3.95. The summed E-state index contributed by atoms with van der Waals surface area (Å²) in [7, 11) is 6.58. The number of unbranched alkanes of at least 4 members (excludes halogenated alkanes) is 2. The molecule has 2 heterocycles. The van der Waals surface area contributed by atoms with Crippen LogP contribution in [0, 0.1) is 23.7 Å². The molecular formula is C53H84N8O12. The summed E-state index contributed by atoms with van der Waals surface area (Å²) in [5.41, 5.74) is 5.59. The molecule has 2 aliphatic rings. The number of nitrogens with zero attached hydrogens (tertiary/aromatic N) is 4. The molecule has 0 aliphatic carbocycles. The van der Waals surface area contributed by atoms with Gasteiger partial charge in [0.15, 0.2) is 0 Å². The van der Waals surface area contributed by atoms with E-state index in [1.165, 1.54) is 26.4 Å². The van der Waals surface area contributed by atoms with E-state index in [0.29, 0.717) is 58.0 Å². The van der Waals surface area contributed by atoms with E-state index in [1.54, 1.807) is 48.0 Å². The number of hydrogen-bond acceptors (Lipinski definition) is 13. The maximum Gasteiger partial charge on any atom is 0.326 e. The lowest BCUT2D eigenvalue weighted by atomic mass is 9.87. The van der Waals surface area contributed by atoms with Crippen LogP contribution >= 0.6 is 0 Å². The minimum absolute atomic E-state index is 0.0371. The van der Waals surface area contributed by atoms with Crippen molar-refractivity contribution < 1.29 is 57.7 Å². The van der Waals surface area contributed by atoms with E-state index in [0.717, 1.165) is 10.5 Å². The molecule has 1 fully saturated rings. The Labute approximate surface area is 432 Å². The molecule has 8 amide bonds. The molecule has 9 atom stereocenters. The summed E-state index contributed by atoms with van der Waals surface area (Å²) < 4.78 is 12.0. The normalized spacial score (nSPS) is 18.1. The van der Waals surface area contributed by atoms with Gasteiger partial charge in [0.25, 0.3) is 11.8 Å². The second kappa shape index (κ2) is 30.6. The van der Waals surface area contributed by atoms with Gasteiger partial charge in [0.1, 0.15) is 6.04 Å². The summed E-state index contributed by atoms with van der Waals surface area (Å²) in [5, 5.41) is 15.3. The monoisotopic (exact) mass is 1020 g/mol. The topological polar surface area (TPSA) is 253 Å². The van der Waals surface area contributed by atoms with Gasteiger partial charge in [-0.2, -0.15) is 0 Å². The molecule has 73 heavy (non-hydrogen) atoms. The first-order valence-corrected chi connectivity index (χ1v) is 25.9. The zero-order valence-corrected chi connectivity index (χ0v) is 45.0. The van der Waals surface area contributed by atoms with Gasteiger partial charge in [0.2, 0.25) is 35.4 Å². The van der Waals surface area contributed by atoms with E-state index >= 15 is 0 Å². The number of aliphatic carboxylic acids is 1. The van der Waals surface area contributed by atoms with Gasteiger partial charge >= 0.3 is 5.97 Å². The minimum atomic E-state index is -1.16. The number of imide groups is 2. The van der Waals surface area contributed by atoms with Crippen molar-refractivity contribution in [3.05, 3.63) is 48.0 Å². The van der Waals surface area contributed by atoms with Crippen LogP contribution in [0.2, 0.25) is 0 Å². The largest absolute Gasteiger partial charge is 0.480 e. The number of benzene rings is 1. The lowest BCUT2D eigenvalue weighted by Gasteiger charge is -2.43. The van der Waals surface area contributed by atoms with Crippen molar-refractivity contribution in [2.45, 2.75) is 162 Å². The standard InChI is InChI=1S/C53H84N8O12/c1-12-35(6)48(40(72-10)32-45(66)60-30-19-23-39(60)49(73-11)36(7)50(67)54-38(53(70)71)31-37-21-15-13-16-22-37)59(9)47(34(4)5)52(69)55-51(68)46(33(2)3)58(8)28-20-25-42(63)57-56-41(62)24-17-14-18-29-61-43(64)26-27-44(61)65/h13,15-16,21-22,26-27,33-36,38-40,46-49H,12,14,17-20,23-25,28-32H2,1-11H3,(H,54,67)(H,56,62)(H,57,63)(H,70,71)(H,55,68,69)/t35-,36+,38-,39-,40+,46-,47-,48-,49+/m0/s1. The highest BCUT2D eigenvalue weighted by atomic mass is 16.5. The number of carboxylic acid groups (broad SMARTS) is 1. The van der Waals surface area contributed by atoms with Crippen LogP contribution in [0.15, 0.2) is 42.5 Å². The predicted molar refractivity (Wildman–Crippen MR) is 274 cm³/mol. The van der Waals surface area contributed by atoms with E-state index in [1.807, 2.05) is 59.6 Å². The highest BCUT2D eigenvalue weighted by Gasteiger charge is 2.44. The SMILES string of the molecule is CC[C@H](C)[C@@H]([C@@H](CC(=O)N1CCC[C@H]1[C@H](OC)[C@@H](C)C(=O)N[C@@H](Cc1ccccc1)C(=O)O)OC)N(C)[C@H](C(=O)NC(=O)[C@H](C(C)C)N(C)CCCC(=O)NNC(=O)CCCCCN1C(=O)C=CC1=O)C(C)C. The molecule has 20 heteroatoms. The average molecular weight is 1030 g/mol. The van der Waals surface area contributed by atoms with Gasteiger partial charge in [-0.1, -0.05) is 91.6 Å². The summed E-state index contributed by atoms with van der Waals surface area (Å²) in [5.74, 6) is -5.65. The molecule has 5 N–H and O–H groups in total. The number of carbonyl (C=O) groups excluding carboxylic acids is 8. The Morgan fingerprint density at radius 1 is 0.781 bits per heavy atom. The van der Waals surface area contributed by atoms with Crippen molar-refractivity contribution in [2.75, 3.05) is 47.9 Å². The maximum absolute atomic E-state index is 14.4. The van der Waals surface area contributed by atoms with Crippen LogP contribution in [0.4, 0.5) is 0 Å². The molecule has 1 aromatic carbocycles. The summed E-state index contributed by atoms with van der Waals surface area (Å²) in [6.45, 7) is 14.3. The fourth-order valence-corrected chi connectivity index (χ4v) is 10.2. The number of hydrazine groups is 1. The Morgan fingerprint density at radius 3 is 1.92 bits per heavy atom. The smallest absolute Gasteiger partial charge is 0.326 e. The number of carbonyl (C=O) groups is 9. The van der Waals surface area contributed by atoms with Crippen molar-refractivity contribution in [1.29, 1.82) is 0 Å². The lowest BCUT2D eigenvalue weighted by Crippen LogP contribution is -2.60. The zero-order chi connectivity index (χ0) is 54.5. The van der Waals surface area contributed by atoms with E-state index in [-0.39, 0.29) is 73.6 Å². The maximum atomic E-state index is 14.4. The second-order valence-electron chi connectivity index (χ2n) is 20.3. The van der Waals surface area contributed by atoms with Gasteiger partial charge in [0.05, 0.1) is 42.7 Å². The molecule has 20 nitrogen and oxygen atoms in total. The van der Waals surface area contributed by atoms with Gasteiger partial charge in [-0.3, -0.25) is 69.2 Å². The van der Waals surface area contributed by atoms with Crippen LogP contribution in [0.25, 0.3) is 0 Å². The number of ether oxygens (including phenoxy) is 2. The second-order valence-corrected chi connectivity index (χ2v) is 20.3. The molecule has 408 valence electrons. The van der Waals surface area contributed by atoms with Gasteiger partial charge in [-0.15, -0.1) is 0 Å². The quantitative estimate of drug-likeness (QED) is 0.0407. The fourth-order valence-electron chi connectivity index (χ4n) is 10.2. The number of rotatable bonds is 31. The van der Waals surface area contributed by atoms with Gasteiger partial charge in [-0.25, -0.2) is 4.79 Å². The Bertz CT molecular complexity index is 2030. The molecular weight excluding hydrogens is 941 g/mol. The Kier molecular flexibility index (Phi) is 25.9. The van der Waals surface area contributed by atoms with Crippen molar-refractivity contribution in [2.24, 2.45) is 23.7 Å². The lowest BCUT2D eigenvalue weighted by molar-refractivity contribution is -0.146. The molecule has 0 unspecified atom stereocenters. The Hall–Kier alpha value is -5.57. The third-order valence-electron chi connectivity index (χ3n) is 14.2. The first kappa shape index (κ1) is 61.7. The number of carboxylic acids is 1. The molecule has 0 spiro atoms. The van der Waals surface area contributed by atoms with Crippen LogP contribution in [0.5, 0.6) is 0 Å². The summed E-state index contributed by atoms with van der Waals surface area (Å²) in [6.07, 6.45) is 5.33. The molecule has 1 aromatic rings. The third-order valence-corrected chi connectivity index (χ3v) is 14.2. The van der Waals surface area contributed by atoms with Crippen LogP contribution < -0.4 is 21.5 Å². The summed E-state index contributed by atoms with van der Waals surface area (Å²) in [6, 6.07) is 5.44. The van der Waals surface area contributed by atoms with Crippen LogP contribution in [0.1, 0.15) is 118 Å². The van der Waals surface area contributed by atoms with Gasteiger partial charge in [0, 0.05) is 64.8 Å². The minimum Gasteiger partial charge on any atom is -0.480 e. The summed E-state index contributed by atoms with van der Waals surface area (Å²) in [4.78, 5) is 123. The number of nitrogens with one attached hydrogen (secondary N) is 4. The van der Waals surface area contributed by atoms with Gasteiger partial charge in [-0.05, 0) is 76.1 Å². The van der Waals surface area contributed by atoms with Crippen LogP contribution in [0.3, 0.4) is 0 Å². The van der Waals surface area contributed by atoms with E-state index in [2.05, 4.69) is 21.5 Å². The van der Waals surface area contributed by atoms with E-state index < -0.39 is 77.9 Å². The fraction of sp³-hybridized carbons (Fsp3) is 0.679. The Balaban J connectivity index is 1.60. The van der Waals surface area contributed by atoms with Crippen molar-refractivity contribution >= 4 is 53.2 Å². The highest BCUT2D eigenvalue weighted by Crippen LogP contribution is 2.31. The molecule has 0 saturated carbocycles.